The molecule has 3 aromatic carbocycles. The van der Waals surface area contributed by atoms with E-state index in [0.717, 1.165) is 6.07 Å². The van der Waals surface area contributed by atoms with Crippen LogP contribution in [0.3, 0.4) is 0 Å². The molecule has 0 saturated carbocycles. The van der Waals surface area contributed by atoms with E-state index < -0.39 is 29.7 Å². The third kappa shape index (κ3) is 7.45. The number of nitrogens with one attached hydrogen (secondary N) is 3. The number of carbonyl (C=O) groups is 2. The predicted octanol–water partition coefficient (Wildman–Crippen LogP) is 6.67. The molecule has 2 amide bonds. The Hall–Kier alpha value is -5.27. The molecule has 14 heteroatoms. The van der Waals surface area contributed by atoms with Gasteiger partial charge in [0.05, 0.1) is 17.4 Å². The molecule has 5 aromatic rings. The lowest BCUT2D eigenvalue weighted by atomic mass is 9.97. The first-order valence-corrected chi connectivity index (χ1v) is 13.8. The van der Waals surface area contributed by atoms with Gasteiger partial charge in [-0.2, -0.15) is 18.2 Å². The lowest BCUT2D eigenvalue weighted by Crippen LogP contribution is -2.21. The number of amides is 2. The van der Waals surface area contributed by atoms with Crippen molar-refractivity contribution in [1.82, 2.24) is 19.5 Å². The molecule has 230 valence electrons. The number of carbonyl (C=O) groups excluding carboxylic acids is 2. The number of aliphatic hydroxyl groups is 1. The number of halogens is 4. The van der Waals surface area contributed by atoms with Gasteiger partial charge >= 0.3 is 12.2 Å². The van der Waals surface area contributed by atoms with Crippen LogP contribution in [0, 0.1) is 0 Å². The summed E-state index contributed by atoms with van der Waals surface area (Å²) < 4.78 is 43.1. The largest absolute Gasteiger partial charge is 0.417 e. The van der Waals surface area contributed by atoms with Gasteiger partial charge in [0.25, 0.3) is 0 Å². The van der Waals surface area contributed by atoms with Crippen molar-refractivity contribution in [3.8, 4) is 16.9 Å². The predicted molar refractivity (Wildman–Crippen MR) is 164 cm³/mol. The molecule has 0 fully saturated rings. The van der Waals surface area contributed by atoms with Gasteiger partial charge in [-0.3, -0.25) is 9.36 Å². The number of rotatable bonds is 9. The molecule has 0 bridgehead atoms. The molecule has 1 unspecified atom stereocenters. The second kappa shape index (κ2) is 13.2. The van der Waals surface area contributed by atoms with Crippen LogP contribution in [0.4, 0.5) is 35.3 Å². The maximum atomic E-state index is 13.9. The minimum Gasteiger partial charge on any atom is -0.392 e. The SMILES string of the molecule is CC(O)CNc1nccc(-n2ccnc2C(=O)c2ccc(NC(=O)Nc3cccc(C(F)(F)F)c3-c3ccc(Cl)cc3)cc2)n1. The first-order chi connectivity index (χ1) is 21.5. The fraction of sp³-hybridized carbons (Fsp3) is 0.129. The monoisotopic (exact) mass is 635 g/mol. The van der Waals surface area contributed by atoms with Gasteiger partial charge in [0.2, 0.25) is 11.7 Å². The fourth-order valence-corrected chi connectivity index (χ4v) is 4.53. The van der Waals surface area contributed by atoms with Crippen LogP contribution in [0.2, 0.25) is 5.02 Å². The van der Waals surface area contributed by atoms with E-state index in [1.54, 1.807) is 19.2 Å². The molecule has 0 aliphatic heterocycles. The van der Waals surface area contributed by atoms with Crippen LogP contribution in [-0.4, -0.2) is 49.1 Å². The Bertz CT molecular complexity index is 1830. The summed E-state index contributed by atoms with van der Waals surface area (Å²) in [5.41, 5.74) is -0.411. The van der Waals surface area contributed by atoms with Crippen molar-refractivity contribution in [1.29, 1.82) is 0 Å². The second-order valence-electron chi connectivity index (χ2n) is 9.81. The maximum absolute atomic E-state index is 13.9. The van der Waals surface area contributed by atoms with Gasteiger partial charge in [-0.25, -0.2) is 14.8 Å². The van der Waals surface area contributed by atoms with Crippen molar-refractivity contribution in [2.45, 2.75) is 19.2 Å². The Kier molecular flexibility index (Phi) is 9.11. The van der Waals surface area contributed by atoms with E-state index in [9.17, 15) is 27.9 Å². The molecule has 2 heterocycles. The number of nitrogens with zero attached hydrogens (tertiary/aromatic N) is 4. The van der Waals surface area contributed by atoms with Crippen molar-refractivity contribution in [3.05, 3.63) is 113 Å². The number of aromatic nitrogens is 4. The van der Waals surface area contributed by atoms with E-state index in [2.05, 4.69) is 30.9 Å². The summed E-state index contributed by atoms with van der Waals surface area (Å²) in [6, 6.07) is 16.1. The van der Waals surface area contributed by atoms with E-state index in [1.165, 1.54) is 77.6 Å². The number of urea groups is 1. The van der Waals surface area contributed by atoms with E-state index in [4.69, 9.17) is 11.6 Å². The zero-order chi connectivity index (χ0) is 32.1. The summed E-state index contributed by atoms with van der Waals surface area (Å²) >= 11 is 5.92. The first-order valence-electron chi connectivity index (χ1n) is 13.5. The fourth-order valence-electron chi connectivity index (χ4n) is 4.40. The number of benzene rings is 3. The van der Waals surface area contributed by atoms with Crippen LogP contribution in [0.25, 0.3) is 16.9 Å². The minimum absolute atomic E-state index is 0.0581. The number of aliphatic hydroxyl groups excluding tert-OH is 1. The van der Waals surface area contributed by atoms with Crippen molar-refractivity contribution in [2.24, 2.45) is 0 Å². The molecule has 1 atom stereocenters. The highest BCUT2D eigenvalue weighted by Gasteiger charge is 2.35. The number of imidazole rings is 1. The van der Waals surface area contributed by atoms with Gasteiger partial charge in [-0.05, 0) is 67.1 Å². The van der Waals surface area contributed by atoms with Crippen LogP contribution in [0.1, 0.15) is 28.7 Å². The lowest BCUT2D eigenvalue weighted by molar-refractivity contribution is -0.137. The van der Waals surface area contributed by atoms with Crippen molar-refractivity contribution in [2.75, 3.05) is 22.5 Å². The summed E-state index contributed by atoms with van der Waals surface area (Å²) in [6.07, 6.45) is -0.765. The van der Waals surface area contributed by atoms with Crippen LogP contribution in [0.15, 0.2) is 91.4 Å². The molecule has 4 N–H and O–H groups in total. The number of hydrogen-bond donors (Lipinski definition) is 4. The Balaban J connectivity index is 1.31. The highest BCUT2D eigenvalue weighted by molar-refractivity contribution is 6.30. The molecule has 5 rings (SSSR count). The second-order valence-corrected chi connectivity index (χ2v) is 10.2. The first kappa shape index (κ1) is 31.2. The zero-order valence-electron chi connectivity index (χ0n) is 23.5. The summed E-state index contributed by atoms with van der Waals surface area (Å²) in [7, 11) is 0. The van der Waals surface area contributed by atoms with E-state index in [1.807, 2.05) is 0 Å². The maximum Gasteiger partial charge on any atom is 0.417 e. The molecule has 0 radical (unpaired) electrons. The summed E-state index contributed by atoms with van der Waals surface area (Å²) in [6.45, 7) is 1.85. The van der Waals surface area contributed by atoms with E-state index >= 15 is 0 Å². The van der Waals surface area contributed by atoms with Crippen LogP contribution in [-0.2, 0) is 6.18 Å². The topological polar surface area (TPSA) is 134 Å². The lowest BCUT2D eigenvalue weighted by Gasteiger charge is -2.18. The number of anilines is 3. The third-order valence-electron chi connectivity index (χ3n) is 6.44. The van der Waals surface area contributed by atoms with Crippen molar-refractivity contribution >= 4 is 40.7 Å². The van der Waals surface area contributed by atoms with Gasteiger partial charge in [-0.15, -0.1) is 0 Å². The summed E-state index contributed by atoms with van der Waals surface area (Å²) in [4.78, 5) is 38.8. The van der Waals surface area contributed by atoms with Gasteiger partial charge in [0.15, 0.2) is 5.82 Å². The Morgan fingerprint density at radius 1 is 0.956 bits per heavy atom. The quantitative estimate of drug-likeness (QED) is 0.133. The third-order valence-corrected chi connectivity index (χ3v) is 6.70. The summed E-state index contributed by atoms with van der Waals surface area (Å²) in [5.74, 6) is 0.290. The average Bonchev–Trinajstić information content (AvgIpc) is 3.50. The standard InChI is InChI=1S/C31H25ClF3N7O3/c1-18(43)17-38-29-37-14-13-25(41-29)42-16-15-36-28(42)27(44)20-7-11-22(12-8-20)39-30(45)40-24-4-2-3-23(31(33,34)35)26(24)19-5-9-21(32)10-6-19/h2-16,18,43H,17H2,1H3,(H,37,38,41)(H2,39,40,45). The number of hydrogen-bond acceptors (Lipinski definition) is 7. The van der Waals surface area contributed by atoms with Crippen molar-refractivity contribution < 1.29 is 27.9 Å². The summed E-state index contributed by atoms with van der Waals surface area (Å²) in [5, 5.41) is 17.8. The molecule has 45 heavy (non-hydrogen) atoms. The Labute approximate surface area is 259 Å². The molecule has 0 aliphatic carbocycles. The zero-order valence-corrected chi connectivity index (χ0v) is 24.3. The van der Waals surface area contributed by atoms with E-state index in [0.29, 0.717) is 10.8 Å². The Morgan fingerprint density at radius 2 is 1.69 bits per heavy atom. The molecule has 2 aromatic heterocycles. The van der Waals surface area contributed by atoms with Gasteiger partial charge in [0, 0.05) is 47.0 Å². The average molecular weight is 636 g/mol. The van der Waals surface area contributed by atoms with Gasteiger partial charge in [0.1, 0.15) is 5.82 Å². The molecule has 0 spiro atoms. The number of alkyl halides is 3. The van der Waals surface area contributed by atoms with Gasteiger partial charge in [-0.1, -0.05) is 29.8 Å². The molecule has 0 aliphatic rings. The highest BCUT2D eigenvalue weighted by Crippen LogP contribution is 2.41. The van der Waals surface area contributed by atoms with E-state index in [-0.39, 0.29) is 46.4 Å². The molecule has 10 nitrogen and oxygen atoms in total. The number of ketones is 1. The van der Waals surface area contributed by atoms with Crippen LogP contribution >= 0.6 is 11.6 Å². The molecular weight excluding hydrogens is 611 g/mol. The molecular formula is C31H25ClF3N7O3. The van der Waals surface area contributed by atoms with Crippen LogP contribution in [0.5, 0.6) is 0 Å². The minimum atomic E-state index is -4.68. The van der Waals surface area contributed by atoms with Crippen LogP contribution < -0.4 is 16.0 Å². The van der Waals surface area contributed by atoms with Gasteiger partial charge < -0.3 is 21.1 Å². The normalized spacial score (nSPS) is 12.0. The van der Waals surface area contributed by atoms with Crippen molar-refractivity contribution in [3.63, 3.8) is 0 Å². The molecule has 0 saturated heterocycles. The Morgan fingerprint density at radius 3 is 2.38 bits per heavy atom. The smallest absolute Gasteiger partial charge is 0.392 e. The highest BCUT2D eigenvalue weighted by atomic mass is 35.5.